The van der Waals surface area contributed by atoms with Crippen molar-refractivity contribution < 1.29 is 24.2 Å². The topological polar surface area (TPSA) is 95.9 Å². The Balaban J connectivity index is 1.52. The van der Waals surface area contributed by atoms with Crippen LogP contribution in [-0.4, -0.2) is 40.1 Å². The van der Waals surface area contributed by atoms with Crippen LogP contribution in [0.3, 0.4) is 0 Å². The van der Waals surface area contributed by atoms with Gasteiger partial charge in [0.25, 0.3) is 0 Å². The third kappa shape index (κ3) is 5.87. The zero-order valence-electron chi connectivity index (χ0n) is 19.5. The first-order chi connectivity index (χ1) is 16.9. The second kappa shape index (κ2) is 10.9. The molecule has 3 aromatic carbocycles. The molecule has 0 fully saturated rings. The number of carboxylic acid groups (broad SMARTS) is 1. The Labute approximate surface area is 204 Å². The van der Waals surface area contributed by atoms with Gasteiger partial charge in [0.2, 0.25) is 5.91 Å². The van der Waals surface area contributed by atoms with Gasteiger partial charge in [0.05, 0.1) is 6.54 Å². The number of hydrogen-bond donors (Lipinski definition) is 2. The van der Waals surface area contributed by atoms with E-state index in [1.165, 1.54) is 4.90 Å². The molecule has 2 N–H and O–H groups in total. The summed E-state index contributed by atoms with van der Waals surface area (Å²) in [5.74, 6) is -1.65. The van der Waals surface area contributed by atoms with E-state index in [1.807, 2.05) is 85.8 Å². The second-order valence-electron chi connectivity index (χ2n) is 8.69. The molecule has 1 aliphatic heterocycles. The molecule has 4 rings (SSSR count). The van der Waals surface area contributed by atoms with Crippen LogP contribution in [0.4, 0.5) is 4.79 Å². The third-order valence-electron chi connectivity index (χ3n) is 6.29. The van der Waals surface area contributed by atoms with Crippen molar-refractivity contribution in [2.45, 2.75) is 45.0 Å². The van der Waals surface area contributed by atoms with Gasteiger partial charge in [-0.1, -0.05) is 78.9 Å². The number of carboxylic acids is 1. The monoisotopic (exact) mass is 472 g/mol. The van der Waals surface area contributed by atoms with Gasteiger partial charge in [-0.2, -0.15) is 0 Å². The summed E-state index contributed by atoms with van der Waals surface area (Å²) in [4.78, 5) is 39.8. The van der Waals surface area contributed by atoms with E-state index in [-0.39, 0.29) is 26.0 Å². The Morgan fingerprint density at radius 1 is 0.971 bits per heavy atom. The van der Waals surface area contributed by atoms with Crippen molar-refractivity contribution in [3.8, 4) is 0 Å². The molecule has 0 saturated heterocycles. The molecule has 0 radical (unpaired) electrons. The Kier molecular flexibility index (Phi) is 7.45. The first-order valence-electron chi connectivity index (χ1n) is 11.5. The molecule has 7 heteroatoms. The van der Waals surface area contributed by atoms with Gasteiger partial charge in [-0.15, -0.1) is 0 Å². The summed E-state index contributed by atoms with van der Waals surface area (Å²) in [5, 5.41) is 12.5. The number of aryl methyl sites for hydroxylation is 1. The van der Waals surface area contributed by atoms with Crippen LogP contribution >= 0.6 is 0 Å². The van der Waals surface area contributed by atoms with Gasteiger partial charge in [-0.05, 0) is 34.7 Å². The van der Waals surface area contributed by atoms with Crippen LogP contribution < -0.4 is 5.32 Å². The fourth-order valence-electron chi connectivity index (χ4n) is 4.28. The first-order valence-corrected chi connectivity index (χ1v) is 11.5. The molecule has 2 atom stereocenters. The molecule has 0 aromatic heterocycles. The van der Waals surface area contributed by atoms with Gasteiger partial charge in [0.1, 0.15) is 18.7 Å². The lowest BCUT2D eigenvalue weighted by Gasteiger charge is -2.35. The largest absolute Gasteiger partial charge is 0.480 e. The zero-order chi connectivity index (χ0) is 24.8. The van der Waals surface area contributed by atoms with Gasteiger partial charge in [-0.3, -0.25) is 9.69 Å². The van der Waals surface area contributed by atoms with Gasteiger partial charge in [0.15, 0.2) is 0 Å². The van der Waals surface area contributed by atoms with E-state index in [0.717, 1.165) is 27.8 Å². The van der Waals surface area contributed by atoms with Gasteiger partial charge in [-0.25, -0.2) is 9.59 Å². The fourth-order valence-corrected chi connectivity index (χ4v) is 4.28. The summed E-state index contributed by atoms with van der Waals surface area (Å²) in [6.07, 6.45) is -0.191. The average Bonchev–Trinajstić information content (AvgIpc) is 2.87. The minimum Gasteiger partial charge on any atom is -0.480 e. The minimum absolute atomic E-state index is 0.0805. The molecule has 3 aromatic rings. The molecule has 7 nitrogen and oxygen atoms in total. The minimum atomic E-state index is -1.13. The highest BCUT2D eigenvalue weighted by atomic mass is 16.6. The molecule has 2 amide bonds. The molecule has 180 valence electrons. The van der Waals surface area contributed by atoms with Crippen molar-refractivity contribution in [3.05, 3.63) is 107 Å². The molecule has 0 unspecified atom stereocenters. The Hall–Kier alpha value is -4.13. The van der Waals surface area contributed by atoms with Crippen LogP contribution in [0.1, 0.15) is 27.8 Å². The van der Waals surface area contributed by atoms with Crippen LogP contribution in [-0.2, 0) is 40.3 Å². The molecule has 0 spiro atoms. The molecule has 0 saturated carbocycles. The van der Waals surface area contributed by atoms with E-state index in [1.54, 1.807) is 0 Å². The van der Waals surface area contributed by atoms with Crippen LogP contribution in [0.15, 0.2) is 78.9 Å². The predicted molar refractivity (Wildman–Crippen MR) is 131 cm³/mol. The summed E-state index contributed by atoms with van der Waals surface area (Å²) < 4.78 is 5.52. The summed E-state index contributed by atoms with van der Waals surface area (Å²) in [7, 11) is 0. The van der Waals surface area contributed by atoms with E-state index in [0.29, 0.717) is 0 Å². The van der Waals surface area contributed by atoms with Crippen LogP contribution in [0.25, 0.3) is 0 Å². The number of ether oxygens (including phenoxy) is 1. The second-order valence-corrected chi connectivity index (χ2v) is 8.69. The summed E-state index contributed by atoms with van der Waals surface area (Å²) in [5.41, 5.74) is 4.51. The zero-order valence-corrected chi connectivity index (χ0v) is 19.5. The van der Waals surface area contributed by atoms with Gasteiger partial charge < -0.3 is 15.2 Å². The molecule has 1 aliphatic rings. The number of rotatable bonds is 7. The summed E-state index contributed by atoms with van der Waals surface area (Å²) in [6.45, 7) is 2.19. The Morgan fingerprint density at radius 3 is 2.34 bits per heavy atom. The van der Waals surface area contributed by atoms with E-state index in [2.05, 4.69) is 5.32 Å². The lowest BCUT2D eigenvalue weighted by molar-refractivity contribution is -0.142. The van der Waals surface area contributed by atoms with Crippen LogP contribution in [0.5, 0.6) is 0 Å². The highest BCUT2D eigenvalue weighted by molar-refractivity contribution is 5.90. The number of benzene rings is 3. The molecule has 35 heavy (non-hydrogen) atoms. The number of fused-ring (bicyclic) bond motifs is 1. The average molecular weight is 473 g/mol. The molecule has 1 heterocycles. The Bertz CT molecular complexity index is 1210. The smallest absolute Gasteiger partial charge is 0.411 e. The highest BCUT2D eigenvalue weighted by Gasteiger charge is 2.37. The lowest BCUT2D eigenvalue weighted by Crippen LogP contribution is -2.56. The van der Waals surface area contributed by atoms with Crippen molar-refractivity contribution in [2.75, 3.05) is 0 Å². The maximum atomic E-state index is 13.4. The quantitative estimate of drug-likeness (QED) is 0.544. The molecular formula is C28H28N2O5. The van der Waals surface area contributed by atoms with Crippen molar-refractivity contribution in [1.82, 2.24) is 10.2 Å². The molecule has 0 aliphatic carbocycles. The third-order valence-corrected chi connectivity index (χ3v) is 6.29. The number of hydrogen-bond acceptors (Lipinski definition) is 4. The number of nitrogens with one attached hydrogen (secondary N) is 1. The van der Waals surface area contributed by atoms with Crippen molar-refractivity contribution in [3.63, 3.8) is 0 Å². The molecule has 0 bridgehead atoms. The van der Waals surface area contributed by atoms with E-state index >= 15 is 0 Å². The number of aliphatic carboxylic acids is 1. The maximum absolute atomic E-state index is 13.4. The van der Waals surface area contributed by atoms with Crippen LogP contribution in [0, 0.1) is 6.92 Å². The Morgan fingerprint density at radius 2 is 1.63 bits per heavy atom. The van der Waals surface area contributed by atoms with Crippen molar-refractivity contribution in [2.24, 2.45) is 0 Å². The maximum Gasteiger partial charge on any atom is 0.411 e. The van der Waals surface area contributed by atoms with E-state index in [9.17, 15) is 19.5 Å². The summed E-state index contributed by atoms with van der Waals surface area (Å²) in [6, 6.07) is 22.4. The molecular weight excluding hydrogens is 444 g/mol. The van der Waals surface area contributed by atoms with Crippen molar-refractivity contribution in [1.29, 1.82) is 0 Å². The first kappa shape index (κ1) is 24.0. The number of carbonyl (C=O) groups is 3. The SMILES string of the molecule is Cc1ccccc1C[C@@H](NC(=O)[C@@H]1Cc2ccccc2CN1C(=O)OCc1ccccc1)C(=O)O. The summed E-state index contributed by atoms with van der Waals surface area (Å²) >= 11 is 0. The van der Waals surface area contributed by atoms with Gasteiger partial charge in [0, 0.05) is 12.8 Å². The standard InChI is InChI=1S/C28H28N2O5/c1-19-9-5-6-12-21(19)15-24(27(32)33)29-26(31)25-16-22-13-7-8-14-23(22)17-30(25)28(34)35-18-20-10-3-2-4-11-20/h2-14,24-25H,15-18H2,1H3,(H,29,31)(H,32,33)/t24-,25+/m1/s1. The van der Waals surface area contributed by atoms with Gasteiger partial charge >= 0.3 is 12.1 Å². The van der Waals surface area contributed by atoms with Crippen LogP contribution in [0.2, 0.25) is 0 Å². The number of amides is 2. The van der Waals surface area contributed by atoms with Crippen molar-refractivity contribution >= 4 is 18.0 Å². The van der Waals surface area contributed by atoms with E-state index < -0.39 is 30.1 Å². The predicted octanol–water partition coefficient (Wildman–Crippen LogP) is 3.87. The fraction of sp³-hybridized carbons (Fsp3) is 0.250. The number of nitrogens with zero attached hydrogens (tertiary/aromatic N) is 1. The normalized spacial score (nSPS) is 15.6. The van der Waals surface area contributed by atoms with E-state index in [4.69, 9.17) is 4.74 Å². The highest BCUT2D eigenvalue weighted by Crippen LogP contribution is 2.25. The lowest BCUT2D eigenvalue weighted by atomic mass is 9.93. The number of carbonyl (C=O) groups excluding carboxylic acids is 2.